The molecule has 0 aliphatic rings. The molecular weight excluding hydrogens is 1010 g/mol. The van der Waals surface area contributed by atoms with E-state index in [4.69, 9.17) is 14.2 Å². The minimum absolute atomic E-state index is 0.0802. The van der Waals surface area contributed by atoms with Gasteiger partial charge < -0.3 is 14.2 Å². The third-order valence-electron chi connectivity index (χ3n) is 15.3. The van der Waals surface area contributed by atoms with E-state index < -0.39 is 6.10 Å². The molecule has 0 aliphatic carbocycles. The number of carbonyl (C=O) groups is 3. The van der Waals surface area contributed by atoms with Crippen molar-refractivity contribution in [1.29, 1.82) is 0 Å². The van der Waals surface area contributed by atoms with Crippen LogP contribution in [0.4, 0.5) is 0 Å². The predicted molar refractivity (Wildman–Crippen MR) is 357 cm³/mol. The summed E-state index contributed by atoms with van der Waals surface area (Å²) in [5.74, 6) is -0.884. The van der Waals surface area contributed by atoms with Crippen LogP contribution in [0.5, 0.6) is 0 Å². The van der Waals surface area contributed by atoms with Crippen LogP contribution in [0, 0.1) is 0 Å². The molecule has 0 saturated carbocycles. The van der Waals surface area contributed by atoms with Crippen molar-refractivity contribution < 1.29 is 28.6 Å². The van der Waals surface area contributed by atoms with E-state index >= 15 is 0 Å². The summed E-state index contributed by atoms with van der Waals surface area (Å²) in [7, 11) is 0. The predicted octanol–water partition coefficient (Wildman–Crippen LogP) is 24.4. The van der Waals surface area contributed by atoms with Crippen LogP contribution in [0.1, 0.15) is 348 Å². The molecule has 1 unspecified atom stereocenters. The van der Waals surface area contributed by atoms with Crippen LogP contribution in [0.25, 0.3) is 0 Å². The Hall–Kier alpha value is -3.67. The van der Waals surface area contributed by atoms with Gasteiger partial charge in [0.2, 0.25) is 0 Å². The summed E-state index contributed by atoms with van der Waals surface area (Å²) in [6.07, 6.45) is 94.5. The highest BCUT2D eigenvalue weighted by Crippen LogP contribution is 2.17. The van der Waals surface area contributed by atoms with E-state index in [1.54, 1.807) is 0 Å². The van der Waals surface area contributed by atoms with Crippen LogP contribution in [-0.4, -0.2) is 37.2 Å². The number of unbranched alkanes of at least 4 members (excludes halogenated alkanes) is 37. The van der Waals surface area contributed by atoms with Crippen LogP contribution in [0.15, 0.2) is 97.2 Å². The lowest BCUT2D eigenvalue weighted by Gasteiger charge is -2.18. The zero-order chi connectivity index (χ0) is 59.2. The lowest BCUT2D eigenvalue weighted by Crippen LogP contribution is -2.30. The third-order valence-corrected chi connectivity index (χ3v) is 15.3. The van der Waals surface area contributed by atoms with Gasteiger partial charge in [0.05, 0.1) is 0 Å². The van der Waals surface area contributed by atoms with Gasteiger partial charge in [-0.3, -0.25) is 14.4 Å². The lowest BCUT2D eigenvalue weighted by atomic mass is 10.0. The van der Waals surface area contributed by atoms with Gasteiger partial charge in [-0.05, 0) is 116 Å². The van der Waals surface area contributed by atoms with Crippen molar-refractivity contribution in [3.8, 4) is 0 Å². The van der Waals surface area contributed by atoms with E-state index in [9.17, 15) is 14.4 Å². The number of esters is 3. The topological polar surface area (TPSA) is 78.9 Å². The third kappa shape index (κ3) is 67.1. The summed E-state index contributed by atoms with van der Waals surface area (Å²) in [5, 5.41) is 0. The first-order chi connectivity index (χ1) is 40.5. The summed E-state index contributed by atoms with van der Waals surface area (Å²) in [6.45, 7) is 6.48. The largest absolute Gasteiger partial charge is 0.462 e. The first kappa shape index (κ1) is 78.3. The molecule has 1 atom stereocenters. The summed E-state index contributed by atoms with van der Waals surface area (Å²) < 4.78 is 16.9. The zero-order valence-electron chi connectivity index (χ0n) is 54.2. The molecule has 0 aromatic rings. The fourth-order valence-electron chi connectivity index (χ4n) is 10.0. The quantitative estimate of drug-likeness (QED) is 0.0261. The highest BCUT2D eigenvalue weighted by molar-refractivity contribution is 5.71. The first-order valence-corrected chi connectivity index (χ1v) is 35.2. The van der Waals surface area contributed by atoms with E-state index in [2.05, 4.69) is 118 Å². The van der Waals surface area contributed by atoms with Crippen LogP contribution in [0.3, 0.4) is 0 Å². The molecule has 0 rings (SSSR count). The second kappa shape index (κ2) is 69.8. The highest BCUT2D eigenvalue weighted by atomic mass is 16.6. The van der Waals surface area contributed by atoms with E-state index in [-0.39, 0.29) is 31.1 Å². The van der Waals surface area contributed by atoms with E-state index in [0.717, 1.165) is 116 Å². The minimum atomic E-state index is -0.785. The van der Waals surface area contributed by atoms with Gasteiger partial charge in [-0.1, -0.05) is 311 Å². The molecule has 82 heavy (non-hydrogen) atoms. The molecular formula is C76H132O6. The molecule has 0 saturated heterocycles. The van der Waals surface area contributed by atoms with Gasteiger partial charge in [0, 0.05) is 19.3 Å². The Labute approximate surface area is 508 Å². The molecule has 0 radical (unpaired) electrons. The molecule has 472 valence electrons. The molecule has 0 N–H and O–H groups in total. The van der Waals surface area contributed by atoms with Gasteiger partial charge in [0.15, 0.2) is 6.10 Å². The molecule has 0 aliphatic heterocycles. The minimum Gasteiger partial charge on any atom is -0.462 e. The van der Waals surface area contributed by atoms with Crippen molar-refractivity contribution in [3.05, 3.63) is 97.2 Å². The molecule has 6 nitrogen and oxygen atoms in total. The lowest BCUT2D eigenvalue weighted by molar-refractivity contribution is -0.167. The number of hydrogen-bond acceptors (Lipinski definition) is 6. The molecule has 0 amide bonds. The maximum Gasteiger partial charge on any atom is 0.306 e. The summed E-state index contributed by atoms with van der Waals surface area (Å²) >= 11 is 0. The van der Waals surface area contributed by atoms with Crippen LogP contribution in [0.2, 0.25) is 0 Å². The number of allylic oxidation sites excluding steroid dienone is 16. The molecule has 0 aromatic carbocycles. The number of hydrogen-bond donors (Lipinski definition) is 0. The van der Waals surface area contributed by atoms with Crippen molar-refractivity contribution in [1.82, 2.24) is 0 Å². The second-order valence-electron chi connectivity index (χ2n) is 23.4. The van der Waals surface area contributed by atoms with Gasteiger partial charge in [0.1, 0.15) is 13.2 Å². The van der Waals surface area contributed by atoms with Crippen LogP contribution in [-0.2, 0) is 28.6 Å². The SMILES string of the molecule is CC/C=C\C/C=C\C/C=C\C/C=C\C/C=C\CCCCCCCCCCCC(=O)OC(COC(=O)CCCCCCC/C=C\CCC)COC(=O)CCCCCCCCCCCCCCCCCCC/C=C\C/C=C\CCCCCCC. The number of rotatable bonds is 64. The van der Waals surface area contributed by atoms with Crippen molar-refractivity contribution >= 4 is 17.9 Å². The smallest absolute Gasteiger partial charge is 0.306 e. The van der Waals surface area contributed by atoms with Gasteiger partial charge >= 0.3 is 17.9 Å². The van der Waals surface area contributed by atoms with E-state index in [0.29, 0.717) is 19.3 Å². The van der Waals surface area contributed by atoms with Crippen LogP contribution < -0.4 is 0 Å². The Morgan fingerprint density at radius 1 is 0.256 bits per heavy atom. The Kier molecular flexibility index (Phi) is 66.7. The summed E-state index contributed by atoms with van der Waals surface area (Å²) in [6, 6.07) is 0. The summed E-state index contributed by atoms with van der Waals surface area (Å²) in [5.41, 5.74) is 0. The Bertz CT molecular complexity index is 1590. The van der Waals surface area contributed by atoms with Crippen LogP contribution >= 0.6 is 0 Å². The molecule has 0 fully saturated rings. The molecule has 0 bridgehead atoms. The van der Waals surface area contributed by atoms with Crippen molar-refractivity contribution in [2.45, 2.75) is 354 Å². The molecule has 0 spiro atoms. The highest BCUT2D eigenvalue weighted by Gasteiger charge is 2.19. The number of carbonyl (C=O) groups excluding carboxylic acids is 3. The number of ether oxygens (including phenoxy) is 3. The van der Waals surface area contributed by atoms with Crippen molar-refractivity contribution in [2.75, 3.05) is 13.2 Å². The molecule has 0 heterocycles. The first-order valence-electron chi connectivity index (χ1n) is 35.2. The van der Waals surface area contributed by atoms with Gasteiger partial charge in [-0.25, -0.2) is 0 Å². The maximum atomic E-state index is 12.9. The maximum absolute atomic E-state index is 12.9. The Balaban J connectivity index is 4.18. The Morgan fingerprint density at radius 3 is 0.805 bits per heavy atom. The average molecular weight is 1140 g/mol. The van der Waals surface area contributed by atoms with Crippen molar-refractivity contribution in [2.24, 2.45) is 0 Å². The molecule has 0 aromatic heterocycles. The normalized spacial score (nSPS) is 12.7. The van der Waals surface area contributed by atoms with Gasteiger partial charge in [-0.15, -0.1) is 0 Å². The van der Waals surface area contributed by atoms with E-state index in [1.807, 2.05) is 0 Å². The summed E-state index contributed by atoms with van der Waals surface area (Å²) in [4.78, 5) is 38.3. The van der Waals surface area contributed by atoms with Gasteiger partial charge in [0.25, 0.3) is 0 Å². The zero-order valence-corrected chi connectivity index (χ0v) is 54.2. The molecule has 6 heteroatoms. The fraction of sp³-hybridized carbons (Fsp3) is 0.750. The monoisotopic (exact) mass is 1140 g/mol. The van der Waals surface area contributed by atoms with E-state index in [1.165, 1.54) is 193 Å². The fourth-order valence-corrected chi connectivity index (χ4v) is 10.0. The Morgan fingerprint density at radius 2 is 0.500 bits per heavy atom. The standard InChI is InChI=1S/C76H132O6/c1-4-7-10-13-16-19-22-24-26-28-30-32-34-36-37-38-39-41-42-44-46-48-50-52-54-57-60-63-66-69-75(78)81-72-73(71-80-74(77)68-65-62-59-56-21-18-15-12-9-6-3)82-76(79)70-67-64-61-58-55-53-51-49-47-45-43-40-35-33-31-29-27-25-23-20-17-14-11-8-5-2/h8,11-12,15,17,20,22,24-25,27-28,30-31,33,40,43,73H,4-7,9-10,13-14,16,18-19,21,23,26,29,32,34-39,41-42,44-72H2,1-3H3/b11-8-,15-12-,20-17-,24-22-,27-25-,30-28-,33-31-,43-40-. The van der Waals surface area contributed by atoms with Crippen molar-refractivity contribution in [3.63, 3.8) is 0 Å². The van der Waals surface area contributed by atoms with Gasteiger partial charge in [-0.2, -0.15) is 0 Å². The average Bonchev–Trinajstić information content (AvgIpc) is 3.47. The second-order valence-corrected chi connectivity index (χ2v) is 23.4.